The lowest BCUT2D eigenvalue weighted by atomic mass is 9.46. The molecule has 5 nitrogen and oxygen atoms in total. The first kappa shape index (κ1) is 27.5. The molecule has 6 fully saturated rings. The lowest BCUT2D eigenvalue weighted by Gasteiger charge is -2.59. The van der Waals surface area contributed by atoms with Crippen molar-refractivity contribution >= 4 is 5.97 Å². The van der Waals surface area contributed by atoms with Gasteiger partial charge in [0.1, 0.15) is 0 Å². The van der Waals surface area contributed by atoms with E-state index < -0.39 is 11.7 Å². The quantitative estimate of drug-likeness (QED) is 0.427. The Morgan fingerprint density at radius 1 is 1.03 bits per heavy atom. The van der Waals surface area contributed by atoms with E-state index in [1.54, 1.807) is 20.8 Å². The van der Waals surface area contributed by atoms with Crippen LogP contribution in [0.2, 0.25) is 0 Å². The fourth-order valence-electron chi connectivity index (χ4n) is 12.7. The van der Waals surface area contributed by atoms with E-state index in [2.05, 4.69) is 34.6 Å². The minimum atomic E-state index is -1.14. The Morgan fingerprint density at radius 3 is 2.39 bits per heavy atom. The average molecular weight is 531 g/mol. The summed E-state index contributed by atoms with van der Waals surface area (Å²) >= 11 is 0. The van der Waals surface area contributed by atoms with Gasteiger partial charge in [-0.25, -0.2) is 0 Å². The van der Waals surface area contributed by atoms with E-state index in [0.29, 0.717) is 40.9 Å². The van der Waals surface area contributed by atoms with Crippen LogP contribution in [0.3, 0.4) is 0 Å². The molecule has 0 bridgehead atoms. The highest BCUT2D eigenvalue weighted by molar-refractivity contribution is 5.69. The van der Waals surface area contributed by atoms with Crippen molar-refractivity contribution in [2.75, 3.05) is 0 Å². The zero-order valence-corrected chi connectivity index (χ0v) is 25.3. The largest absolute Gasteiger partial charge is 0.457 e. The molecule has 1 heterocycles. The molecule has 2 spiro atoms. The summed E-state index contributed by atoms with van der Waals surface area (Å²) in [6, 6.07) is 0. The highest BCUT2D eigenvalue weighted by Gasteiger charge is 2.84. The summed E-state index contributed by atoms with van der Waals surface area (Å²) in [5.41, 5.74) is 0.0184. The van der Waals surface area contributed by atoms with Crippen molar-refractivity contribution in [1.29, 1.82) is 0 Å². The normalized spacial score (nSPS) is 53.5. The summed E-state index contributed by atoms with van der Waals surface area (Å²) in [5, 5.41) is 22.0. The number of ether oxygens (including phenoxy) is 2. The Labute approximate surface area is 230 Å². The maximum absolute atomic E-state index is 12.3. The maximum atomic E-state index is 12.3. The molecule has 0 amide bonds. The fraction of sp³-hybridized carbons (Fsp3) is 0.970. The number of fused-ring (bicyclic) bond motifs is 4. The van der Waals surface area contributed by atoms with Crippen LogP contribution in [0.4, 0.5) is 0 Å². The van der Waals surface area contributed by atoms with Crippen LogP contribution in [0, 0.1) is 57.2 Å². The number of esters is 1. The summed E-state index contributed by atoms with van der Waals surface area (Å²) in [6.07, 6.45) is 8.70. The topological polar surface area (TPSA) is 76.0 Å². The molecule has 13 atom stereocenters. The molecule has 1 saturated heterocycles. The van der Waals surface area contributed by atoms with Crippen molar-refractivity contribution in [2.24, 2.45) is 57.2 Å². The van der Waals surface area contributed by atoms with E-state index in [-0.39, 0.29) is 35.1 Å². The number of carbonyl (C=O) groups excluding carboxylic acids is 1. The van der Waals surface area contributed by atoms with Gasteiger partial charge in [-0.2, -0.15) is 0 Å². The minimum absolute atomic E-state index is 0.0122. The van der Waals surface area contributed by atoms with E-state index >= 15 is 0 Å². The van der Waals surface area contributed by atoms with Crippen molar-refractivity contribution in [2.45, 2.75) is 143 Å². The molecule has 38 heavy (non-hydrogen) atoms. The number of carbonyl (C=O) groups is 1. The minimum Gasteiger partial charge on any atom is -0.457 e. The molecular weight excluding hydrogens is 476 g/mol. The number of hydrogen-bond donors (Lipinski definition) is 2. The van der Waals surface area contributed by atoms with Crippen LogP contribution in [0.1, 0.15) is 113 Å². The molecule has 0 aromatic carbocycles. The third kappa shape index (κ3) is 3.30. The lowest BCUT2D eigenvalue weighted by Crippen LogP contribution is -2.56. The summed E-state index contributed by atoms with van der Waals surface area (Å²) < 4.78 is 12.7. The molecule has 0 aromatic rings. The van der Waals surface area contributed by atoms with Crippen molar-refractivity contribution in [1.82, 2.24) is 0 Å². The first-order valence-corrected chi connectivity index (χ1v) is 15.9. The first-order valence-electron chi connectivity index (χ1n) is 15.9. The van der Waals surface area contributed by atoms with E-state index in [0.717, 1.165) is 31.1 Å². The van der Waals surface area contributed by atoms with Crippen LogP contribution in [0.5, 0.6) is 0 Å². The molecular formula is C33H54O5. The maximum Gasteiger partial charge on any atom is 0.305 e. The monoisotopic (exact) mass is 530 g/mol. The van der Waals surface area contributed by atoms with Gasteiger partial charge in [-0.15, -0.1) is 0 Å². The van der Waals surface area contributed by atoms with E-state index in [1.807, 2.05) is 0 Å². The number of aliphatic hydroxyl groups is 2. The van der Waals surface area contributed by atoms with E-state index in [9.17, 15) is 15.0 Å². The van der Waals surface area contributed by atoms with Crippen LogP contribution in [-0.4, -0.2) is 46.2 Å². The second-order valence-corrected chi connectivity index (χ2v) is 16.1. The highest BCUT2D eigenvalue weighted by Crippen LogP contribution is 2.89. The molecule has 5 heteroatoms. The van der Waals surface area contributed by atoms with Gasteiger partial charge in [-0.05, 0) is 122 Å². The van der Waals surface area contributed by atoms with Crippen LogP contribution in [0.15, 0.2) is 0 Å². The highest BCUT2D eigenvalue weighted by atomic mass is 16.6. The second kappa shape index (κ2) is 8.44. The van der Waals surface area contributed by atoms with Gasteiger partial charge in [0.25, 0.3) is 0 Å². The Kier molecular flexibility index (Phi) is 6.11. The van der Waals surface area contributed by atoms with Crippen molar-refractivity contribution in [3.8, 4) is 0 Å². The Balaban J connectivity index is 1.28. The van der Waals surface area contributed by atoms with Gasteiger partial charge in [0, 0.05) is 6.42 Å². The summed E-state index contributed by atoms with van der Waals surface area (Å²) in [5.74, 6) is 3.54. The SMILES string of the molecule is CCC(=O)OC(C1CC(C)C2C(CC3C4CCC5C(C)(C)C(O)CCC56C(C)C46CCC32C)O1)C(C)(C)O. The third-order valence-corrected chi connectivity index (χ3v) is 14.2. The predicted molar refractivity (Wildman–Crippen MR) is 147 cm³/mol. The summed E-state index contributed by atoms with van der Waals surface area (Å²) in [4.78, 5) is 12.3. The molecule has 13 unspecified atom stereocenters. The Morgan fingerprint density at radius 2 is 1.74 bits per heavy atom. The molecule has 0 radical (unpaired) electrons. The standard InChI is InChI=1S/C33H54O5/c1-9-26(35)38-28(30(6,7)36)23-16-18(2)27-22(37-23)17-21-20-10-11-24-29(4,5)25(34)12-13-33(24)19(3)32(20,33)15-14-31(21,27)8/h18-25,27-28,34,36H,9-17H2,1-8H3. The zero-order valence-electron chi connectivity index (χ0n) is 25.3. The summed E-state index contributed by atoms with van der Waals surface area (Å²) in [7, 11) is 0. The lowest BCUT2D eigenvalue weighted by molar-refractivity contribution is -0.209. The van der Waals surface area contributed by atoms with Crippen molar-refractivity contribution < 1.29 is 24.5 Å². The van der Waals surface area contributed by atoms with Crippen LogP contribution in [-0.2, 0) is 14.3 Å². The molecule has 216 valence electrons. The van der Waals surface area contributed by atoms with Crippen molar-refractivity contribution in [3.05, 3.63) is 0 Å². The van der Waals surface area contributed by atoms with Gasteiger partial charge in [0.05, 0.1) is 23.9 Å². The van der Waals surface area contributed by atoms with Crippen LogP contribution >= 0.6 is 0 Å². The zero-order chi connectivity index (χ0) is 27.6. The van der Waals surface area contributed by atoms with Gasteiger partial charge in [0.2, 0.25) is 0 Å². The van der Waals surface area contributed by atoms with Gasteiger partial charge >= 0.3 is 5.97 Å². The molecule has 6 rings (SSSR count). The smallest absolute Gasteiger partial charge is 0.305 e. The first-order chi connectivity index (χ1) is 17.7. The Bertz CT molecular complexity index is 969. The third-order valence-electron chi connectivity index (χ3n) is 14.2. The van der Waals surface area contributed by atoms with Gasteiger partial charge in [-0.1, -0.05) is 41.5 Å². The molecule has 5 saturated carbocycles. The second-order valence-electron chi connectivity index (χ2n) is 16.1. The Hall–Kier alpha value is -0.650. The molecule has 0 aromatic heterocycles. The molecule has 5 aliphatic carbocycles. The average Bonchev–Trinajstić information content (AvgIpc) is 3.20. The molecule has 6 aliphatic rings. The van der Waals surface area contributed by atoms with E-state index in [4.69, 9.17) is 9.47 Å². The van der Waals surface area contributed by atoms with Crippen LogP contribution < -0.4 is 0 Å². The van der Waals surface area contributed by atoms with Crippen LogP contribution in [0.25, 0.3) is 0 Å². The predicted octanol–water partition coefficient (Wildman–Crippen LogP) is 6.14. The molecule has 2 N–H and O–H groups in total. The molecule has 1 aliphatic heterocycles. The van der Waals surface area contributed by atoms with E-state index in [1.165, 1.54) is 32.1 Å². The fourth-order valence-corrected chi connectivity index (χ4v) is 12.7. The summed E-state index contributed by atoms with van der Waals surface area (Å²) in [6.45, 7) is 17.5. The number of hydrogen-bond acceptors (Lipinski definition) is 5. The number of aliphatic hydroxyl groups excluding tert-OH is 1. The number of rotatable bonds is 4. The van der Waals surface area contributed by atoms with Gasteiger partial charge < -0.3 is 19.7 Å². The van der Waals surface area contributed by atoms with Gasteiger partial charge in [-0.3, -0.25) is 4.79 Å². The van der Waals surface area contributed by atoms with Crippen molar-refractivity contribution in [3.63, 3.8) is 0 Å². The van der Waals surface area contributed by atoms with Gasteiger partial charge in [0.15, 0.2) is 6.10 Å².